The van der Waals surface area contributed by atoms with E-state index in [4.69, 9.17) is 9.47 Å². The van der Waals surface area contributed by atoms with Crippen LogP contribution >= 0.6 is 0 Å². The maximum Gasteiger partial charge on any atom is 0.422 e. The van der Waals surface area contributed by atoms with Crippen LogP contribution < -0.4 is 19.7 Å². The van der Waals surface area contributed by atoms with E-state index in [2.05, 4.69) is 5.32 Å². The lowest BCUT2D eigenvalue weighted by Crippen LogP contribution is -2.38. The molecule has 0 saturated carbocycles. The molecule has 0 bridgehead atoms. The zero-order valence-electron chi connectivity index (χ0n) is 15.4. The molecule has 1 heterocycles. The molecule has 1 aliphatic heterocycles. The lowest BCUT2D eigenvalue weighted by molar-refractivity contribution is -0.153. The van der Waals surface area contributed by atoms with Gasteiger partial charge in [-0.1, -0.05) is 24.3 Å². The van der Waals surface area contributed by atoms with Gasteiger partial charge in [0.1, 0.15) is 18.1 Å². The summed E-state index contributed by atoms with van der Waals surface area (Å²) in [7, 11) is 0. The molecule has 0 saturated heterocycles. The molecule has 0 radical (unpaired) electrons. The van der Waals surface area contributed by atoms with Crippen LogP contribution in [0.25, 0.3) is 0 Å². The highest BCUT2D eigenvalue weighted by molar-refractivity contribution is 5.99. The fraction of sp³-hybridized carbons (Fsp3) is 0.300. The van der Waals surface area contributed by atoms with Gasteiger partial charge in [-0.05, 0) is 24.3 Å². The number of nitrogens with zero attached hydrogens (tertiary/aromatic N) is 1. The molecule has 0 fully saturated rings. The van der Waals surface area contributed by atoms with Crippen molar-refractivity contribution in [2.24, 2.45) is 0 Å². The van der Waals surface area contributed by atoms with Crippen LogP contribution in [0.1, 0.15) is 12.8 Å². The molecule has 0 unspecified atom stereocenters. The van der Waals surface area contributed by atoms with Crippen molar-refractivity contribution in [1.29, 1.82) is 0 Å². The summed E-state index contributed by atoms with van der Waals surface area (Å²) in [5, 5.41) is 2.50. The Morgan fingerprint density at radius 1 is 1.07 bits per heavy atom. The first-order chi connectivity index (χ1) is 13.8. The third-order valence-electron chi connectivity index (χ3n) is 4.15. The smallest absolute Gasteiger partial charge is 0.422 e. The summed E-state index contributed by atoms with van der Waals surface area (Å²) >= 11 is 0. The van der Waals surface area contributed by atoms with Crippen molar-refractivity contribution >= 4 is 23.2 Å². The highest BCUT2D eigenvalue weighted by atomic mass is 19.4. The van der Waals surface area contributed by atoms with Crippen LogP contribution in [0.3, 0.4) is 0 Å². The summed E-state index contributed by atoms with van der Waals surface area (Å²) < 4.78 is 47.3. The predicted molar refractivity (Wildman–Crippen MR) is 100 cm³/mol. The Bertz CT molecular complexity index is 886. The number of ether oxygens (including phenoxy) is 2. The second kappa shape index (κ2) is 8.85. The Hall–Kier alpha value is -3.23. The number of benzene rings is 2. The van der Waals surface area contributed by atoms with Gasteiger partial charge in [0.25, 0.3) is 0 Å². The van der Waals surface area contributed by atoms with E-state index in [0.29, 0.717) is 24.6 Å². The molecule has 6 nitrogen and oxygen atoms in total. The highest BCUT2D eigenvalue weighted by Crippen LogP contribution is 2.31. The van der Waals surface area contributed by atoms with E-state index in [9.17, 15) is 22.8 Å². The minimum absolute atomic E-state index is 0.0499. The van der Waals surface area contributed by atoms with Gasteiger partial charge in [0.15, 0.2) is 6.61 Å². The van der Waals surface area contributed by atoms with Gasteiger partial charge in [-0.2, -0.15) is 13.2 Å². The topological polar surface area (TPSA) is 67.9 Å². The van der Waals surface area contributed by atoms with E-state index in [1.807, 2.05) is 0 Å². The lowest BCUT2D eigenvalue weighted by atomic mass is 10.2. The van der Waals surface area contributed by atoms with Crippen LogP contribution in [0, 0.1) is 0 Å². The number of carbonyl (C=O) groups excluding carboxylic acids is 2. The van der Waals surface area contributed by atoms with Crippen LogP contribution in [0.5, 0.6) is 11.5 Å². The summed E-state index contributed by atoms with van der Waals surface area (Å²) in [6.07, 6.45) is -4.66. The molecule has 0 spiro atoms. The van der Waals surface area contributed by atoms with Crippen LogP contribution in [0.2, 0.25) is 0 Å². The molecule has 3 rings (SSSR count). The van der Waals surface area contributed by atoms with E-state index < -0.39 is 18.7 Å². The number of para-hydroxylation sites is 4. The number of amides is 2. The summed E-state index contributed by atoms with van der Waals surface area (Å²) in [5.41, 5.74) is 0.765. The molecule has 154 valence electrons. The van der Waals surface area contributed by atoms with Crippen molar-refractivity contribution in [1.82, 2.24) is 0 Å². The number of anilines is 2. The lowest BCUT2D eigenvalue weighted by Gasteiger charge is -2.29. The van der Waals surface area contributed by atoms with Crippen molar-refractivity contribution in [2.75, 3.05) is 30.0 Å². The molecule has 2 amide bonds. The van der Waals surface area contributed by atoms with Gasteiger partial charge in [-0.3, -0.25) is 9.59 Å². The van der Waals surface area contributed by atoms with Crippen LogP contribution in [-0.4, -0.2) is 37.7 Å². The fourth-order valence-corrected chi connectivity index (χ4v) is 2.85. The summed E-state index contributed by atoms with van der Waals surface area (Å²) in [4.78, 5) is 26.3. The minimum atomic E-state index is -4.49. The van der Waals surface area contributed by atoms with Gasteiger partial charge in [0.05, 0.1) is 17.9 Å². The highest BCUT2D eigenvalue weighted by Gasteiger charge is 2.29. The maximum atomic E-state index is 12.5. The second-order valence-electron chi connectivity index (χ2n) is 6.31. The molecular weight excluding hydrogens is 389 g/mol. The Labute approximate surface area is 165 Å². The maximum absolute atomic E-state index is 12.5. The zero-order chi connectivity index (χ0) is 20.9. The monoisotopic (exact) mass is 408 g/mol. The number of hydrogen-bond acceptors (Lipinski definition) is 4. The molecule has 2 aromatic carbocycles. The van der Waals surface area contributed by atoms with Gasteiger partial charge in [-0.15, -0.1) is 0 Å². The first-order valence-corrected chi connectivity index (χ1v) is 8.94. The van der Waals surface area contributed by atoms with E-state index in [1.165, 1.54) is 18.2 Å². The van der Waals surface area contributed by atoms with Crippen molar-refractivity contribution < 1.29 is 32.2 Å². The van der Waals surface area contributed by atoms with Gasteiger partial charge >= 0.3 is 6.18 Å². The molecule has 0 aliphatic carbocycles. The minimum Gasteiger partial charge on any atom is -0.490 e. The Balaban J connectivity index is 1.57. The average molecular weight is 408 g/mol. The van der Waals surface area contributed by atoms with Gasteiger partial charge in [0, 0.05) is 12.8 Å². The Kier molecular flexibility index (Phi) is 6.26. The van der Waals surface area contributed by atoms with E-state index in [-0.39, 0.29) is 30.2 Å². The van der Waals surface area contributed by atoms with Crippen molar-refractivity contribution in [3.63, 3.8) is 0 Å². The van der Waals surface area contributed by atoms with E-state index in [0.717, 1.165) is 0 Å². The third-order valence-corrected chi connectivity index (χ3v) is 4.15. The molecule has 2 aromatic rings. The SMILES string of the molecule is O=C(CCC(=O)N1CCOc2ccccc21)Nc1ccccc1OCC(F)(F)F. The number of halogens is 3. The number of fused-ring (bicyclic) bond motifs is 1. The molecular formula is C20H19F3N2O4. The van der Waals surface area contributed by atoms with Crippen molar-refractivity contribution in [2.45, 2.75) is 19.0 Å². The van der Waals surface area contributed by atoms with Crippen LogP contribution in [0.4, 0.5) is 24.5 Å². The van der Waals surface area contributed by atoms with E-state index in [1.54, 1.807) is 35.2 Å². The van der Waals surface area contributed by atoms with Crippen LogP contribution in [0.15, 0.2) is 48.5 Å². The number of carbonyl (C=O) groups is 2. The first kappa shape index (κ1) is 20.5. The average Bonchev–Trinajstić information content (AvgIpc) is 2.70. The van der Waals surface area contributed by atoms with Crippen LogP contribution in [-0.2, 0) is 9.59 Å². The third kappa shape index (κ3) is 5.63. The van der Waals surface area contributed by atoms with E-state index >= 15 is 0 Å². The van der Waals surface area contributed by atoms with Crippen molar-refractivity contribution in [3.8, 4) is 11.5 Å². The fourth-order valence-electron chi connectivity index (χ4n) is 2.85. The first-order valence-electron chi connectivity index (χ1n) is 8.94. The second-order valence-corrected chi connectivity index (χ2v) is 6.31. The molecule has 29 heavy (non-hydrogen) atoms. The van der Waals surface area contributed by atoms with Gasteiger partial charge < -0.3 is 19.7 Å². The largest absolute Gasteiger partial charge is 0.490 e. The molecule has 1 N–H and O–H groups in total. The molecule has 0 aromatic heterocycles. The number of nitrogens with one attached hydrogen (secondary N) is 1. The summed E-state index contributed by atoms with van der Waals surface area (Å²) in [5.74, 6) is -0.223. The van der Waals surface area contributed by atoms with Gasteiger partial charge in [-0.25, -0.2) is 0 Å². The summed E-state index contributed by atoms with van der Waals surface area (Å²) in [6.45, 7) is -0.723. The Morgan fingerprint density at radius 3 is 2.59 bits per heavy atom. The molecule has 9 heteroatoms. The van der Waals surface area contributed by atoms with Gasteiger partial charge in [0.2, 0.25) is 11.8 Å². The Morgan fingerprint density at radius 2 is 1.79 bits per heavy atom. The number of rotatable bonds is 6. The zero-order valence-corrected chi connectivity index (χ0v) is 15.4. The predicted octanol–water partition coefficient (Wildman–Crippen LogP) is 3.77. The number of hydrogen-bond donors (Lipinski definition) is 1. The quantitative estimate of drug-likeness (QED) is 0.790. The summed E-state index contributed by atoms with van der Waals surface area (Å²) in [6, 6.07) is 12.9. The molecule has 0 atom stereocenters. The van der Waals surface area contributed by atoms with Crippen molar-refractivity contribution in [3.05, 3.63) is 48.5 Å². The number of alkyl halides is 3. The standard InChI is InChI=1S/C20H19F3N2O4/c21-20(22,23)13-29-16-7-3-1-5-14(16)24-18(26)9-10-19(27)25-11-12-28-17-8-4-2-6-15(17)25/h1-8H,9-13H2,(H,24,26). The normalized spacial score (nSPS) is 13.3. The molecule has 1 aliphatic rings.